The molecule has 0 bridgehead atoms. The molecular formula is C12H14O5. The number of carboxylic acid groups (broad SMARTS) is 1. The minimum atomic E-state index is -1.19. The van der Waals surface area contributed by atoms with E-state index in [2.05, 4.69) is 4.74 Å². The van der Waals surface area contributed by atoms with E-state index in [0.29, 0.717) is 5.75 Å². The minimum absolute atomic E-state index is 0.193. The van der Waals surface area contributed by atoms with Crippen LogP contribution in [0.5, 0.6) is 5.75 Å². The van der Waals surface area contributed by atoms with Crippen LogP contribution in [0.2, 0.25) is 0 Å². The fraction of sp³-hybridized carbons (Fsp3) is 0.333. The molecular weight excluding hydrogens is 224 g/mol. The van der Waals surface area contributed by atoms with E-state index in [0.717, 1.165) is 5.56 Å². The predicted molar refractivity (Wildman–Crippen MR) is 60.0 cm³/mol. The highest BCUT2D eigenvalue weighted by Gasteiger charge is 2.21. The van der Waals surface area contributed by atoms with Gasteiger partial charge in [0.2, 0.25) is 6.10 Å². The Labute approximate surface area is 99.0 Å². The van der Waals surface area contributed by atoms with E-state index in [4.69, 9.17) is 9.84 Å². The van der Waals surface area contributed by atoms with Crippen LogP contribution < -0.4 is 4.74 Å². The molecule has 0 saturated carbocycles. The van der Waals surface area contributed by atoms with Gasteiger partial charge in [-0.05, 0) is 25.0 Å². The normalized spacial score (nSPS) is 11.6. The first-order valence-corrected chi connectivity index (χ1v) is 5.21. The van der Waals surface area contributed by atoms with Gasteiger partial charge in [-0.2, -0.15) is 0 Å². The molecule has 0 saturated heterocycles. The standard InChI is InChI=1S/C12H14O5/c1-3-9(11(13)14)16-12(15)17-10-7-5-4-6-8(10)2/h4-7,9H,3H2,1-2H3,(H,13,14). The summed E-state index contributed by atoms with van der Waals surface area (Å²) in [6.07, 6.45) is -1.99. The number of para-hydroxylation sites is 1. The van der Waals surface area contributed by atoms with Gasteiger partial charge in [-0.15, -0.1) is 0 Å². The van der Waals surface area contributed by atoms with Crippen molar-refractivity contribution >= 4 is 12.1 Å². The molecule has 0 radical (unpaired) electrons. The first-order valence-electron chi connectivity index (χ1n) is 5.21. The molecule has 0 spiro atoms. The summed E-state index contributed by atoms with van der Waals surface area (Å²) in [5, 5.41) is 8.71. The van der Waals surface area contributed by atoms with Crippen LogP contribution in [0.25, 0.3) is 0 Å². The van der Waals surface area contributed by atoms with E-state index in [1.165, 1.54) is 0 Å². The number of carbonyl (C=O) groups is 2. The quantitative estimate of drug-likeness (QED) is 0.644. The van der Waals surface area contributed by atoms with Gasteiger partial charge in [0.15, 0.2) is 0 Å². The Morgan fingerprint density at radius 3 is 2.53 bits per heavy atom. The highest BCUT2D eigenvalue weighted by atomic mass is 16.7. The number of carbonyl (C=O) groups excluding carboxylic acids is 1. The molecule has 0 fully saturated rings. The lowest BCUT2D eigenvalue weighted by atomic mass is 10.2. The molecule has 0 aliphatic heterocycles. The van der Waals surface area contributed by atoms with Crippen LogP contribution in [0.3, 0.4) is 0 Å². The zero-order valence-corrected chi connectivity index (χ0v) is 9.67. The molecule has 1 unspecified atom stereocenters. The molecule has 1 aromatic carbocycles. The van der Waals surface area contributed by atoms with Crippen molar-refractivity contribution in [3.05, 3.63) is 29.8 Å². The molecule has 0 aliphatic rings. The van der Waals surface area contributed by atoms with Crippen LogP contribution >= 0.6 is 0 Å². The third-order valence-electron chi connectivity index (χ3n) is 2.17. The van der Waals surface area contributed by atoms with Gasteiger partial charge in [0.1, 0.15) is 5.75 Å². The van der Waals surface area contributed by atoms with Crippen molar-refractivity contribution in [2.45, 2.75) is 26.4 Å². The van der Waals surface area contributed by atoms with E-state index in [-0.39, 0.29) is 6.42 Å². The van der Waals surface area contributed by atoms with Crippen LogP contribution in [-0.4, -0.2) is 23.3 Å². The van der Waals surface area contributed by atoms with Crippen molar-refractivity contribution in [2.24, 2.45) is 0 Å². The number of hydrogen-bond donors (Lipinski definition) is 1. The SMILES string of the molecule is CCC(OC(=O)Oc1ccccc1C)C(=O)O. The number of aliphatic carboxylic acids is 1. The molecule has 1 atom stereocenters. The lowest BCUT2D eigenvalue weighted by Crippen LogP contribution is -2.27. The number of hydrogen-bond acceptors (Lipinski definition) is 4. The Bertz CT molecular complexity index is 413. The van der Waals surface area contributed by atoms with Crippen LogP contribution in [0.1, 0.15) is 18.9 Å². The lowest BCUT2D eigenvalue weighted by molar-refractivity contribution is -0.147. The summed E-state index contributed by atoms with van der Waals surface area (Å²) in [6.45, 7) is 3.39. The van der Waals surface area contributed by atoms with Crippen LogP contribution in [-0.2, 0) is 9.53 Å². The number of aryl methyl sites for hydroxylation is 1. The zero-order chi connectivity index (χ0) is 12.8. The Morgan fingerprint density at radius 2 is 2.00 bits per heavy atom. The monoisotopic (exact) mass is 238 g/mol. The van der Waals surface area contributed by atoms with Gasteiger partial charge in [-0.1, -0.05) is 25.1 Å². The van der Waals surface area contributed by atoms with E-state index in [1.807, 2.05) is 0 Å². The predicted octanol–water partition coefficient (Wildman–Crippen LogP) is 2.37. The highest BCUT2D eigenvalue weighted by molar-refractivity contribution is 5.76. The molecule has 1 N–H and O–H groups in total. The lowest BCUT2D eigenvalue weighted by Gasteiger charge is -2.12. The van der Waals surface area contributed by atoms with Gasteiger partial charge in [0.25, 0.3) is 0 Å². The maximum absolute atomic E-state index is 11.3. The van der Waals surface area contributed by atoms with Gasteiger partial charge in [0.05, 0.1) is 0 Å². The van der Waals surface area contributed by atoms with Crippen molar-refractivity contribution in [2.75, 3.05) is 0 Å². The highest BCUT2D eigenvalue weighted by Crippen LogP contribution is 2.17. The Hall–Kier alpha value is -2.04. The van der Waals surface area contributed by atoms with Crippen molar-refractivity contribution in [3.8, 4) is 5.75 Å². The molecule has 0 aromatic heterocycles. The molecule has 1 rings (SSSR count). The van der Waals surface area contributed by atoms with Crippen molar-refractivity contribution < 1.29 is 24.2 Å². The second-order valence-corrected chi connectivity index (χ2v) is 3.47. The minimum Gasteiger partial charge on any atom is -0.479 e. The fourth-order valence-corrected chi connectivity index (χ4v) is 1.21. The van der Waals surface area contributed by atoms with Crippen LogP contribution in [0.4, 0.5) is 4.79 Å². The van der Waals surface area contributed by atoms with Crippen molar-refractivity contribution in [1.82, 2.24) is 0 Å². The summed E-state index contributed by atoms with van der Waals surface area (Å²) < 4.78 is 9.56. The smallest absolute Gasteiger partial charge is 0.479 e. The summed E-state index contributed by atoms with van der Waals surface area (Å²) in [4.78, 5) is 22.0. The second-order valence-electron chi connectivity index (χ2n) is 3.47. The molecule has 0 amide bonds. The number of ether oxygens (including phenoxy) is 2. The Morgan fingerprint density at radius 1 is 1.35 bits per heavy atom. The maximum atomic E-state index is 11.3. The second kappa shape index (κ2) is 5.89. The Kier molecular flexibility index (Phi) is 4.51. The maximum Gasteiger partial charge on any atom is 0.514 e. The van der Waals surface area contributed by atoms with Gasteiger partial charge in [-0.25, -0.2) is 9.59 Å². The topological polar surface area (TPSA) is 72.8 Å². The van der Waals surface area contributed by atoms with Gasteiger partial charge >= 0.3 is 12.1 Å². The van der Waals surface area contributed by atoms with Crippen molar-refractivity contribution in [1.29, 1.82) is 0 Å². The van der Waals surface area contributed by atoms with Crippen LogP contribution in [0.15, 0.2) is 24.3 Å². The van der Waals surface area contributed by atoms with Crippen LogP contribution in [0, 0.1) is 6.92 Å². The summed E-state index contributed by atoms with van der Waals surface area (Å²) in [5.74, 6) is -0.827. The average Bonchev–Trinajstić information content (AvgIpc) is 2.28. The Balaban J connectivity index is 2.61. The van der Waals surface area contributed by atoms with Crippen molar-refractivity contribution in [3.63, 3.8) is 0 Å². The summed E-state index contributed by atoms with van der Waals surface area (Å²) >= 11 is 0. The third kappa shape index (κ3) is 3.79. The van der Waals surface area contributed by atoms with Gasteiger partial charge in [-0.3, -0.25) is 0 Å². The molecule has 1 aromatic rings. The van der Waals surface area contributed by atoms with E-state index in [9.17, 15) is 9.59 Å². The van der Waals surface area contributed by atoms with E-state index < -0.39 is 18.2 Å². The van der Waals surface area contributed by atoms with Gasteiger partial charge in [0, 0.05) is 0 Å². The summed E-state index contributed by atoms with van der Waals surface area (Å²) in [6, 6.07) is 6.90. The molecule has 5 heteroatoms. The summed E-state index contributed by atoms with van der Waals surface area (Å²) in [7, 11) is 0. The van der Waals surface area contributed by atoms with E-state index >= 15 is 0 Å². The zero-order valence-electron chi connectivity index (χ0n) is 9.67. The fourth-order valence-electron chi connectivity index (χ4n) is 1.21. The first-order chi connectivity index (χ1) is 8.04. The van der Waals surface area contributed by atoms with Gasteiger partial charge < -0.3 is 14.6 Å². The van der Waals surface area contributed by atoms with E-state index in [1.54, 1.807) is 38.1 Å². The molecule has 0 aliphatic carbocycles. The molecule has 92 valence electrons. The molecule has 0 heterocycles. The largest absolute Gasteiger partial charge is 0.514 e. The molecule has 5 nitrogen and oxygen atoms in total. The molecule has 17 heavy (non-hydrogen) atoms. The number of benzene rings is 1. The summed E-state index contributed by atoms with van der Waals surface area (Å²) in [5.41, 5.74) is 0.771. The third-order valence-corrected chi connectivity index (χ3v) is 2.17. The number of rotatable bonds is 4. The first kappa shape index (κ1) is 13.0. The average molecular weight is 238 g/mol. The number of carboxylic acids is 1.